The van der Waals surface area contributed by atoms with Gasteiger partial charge in [-0.2, -0.15) is 0 Å². The van der Waals surface area contributed by atoms with Crippen LogP contribution in [0.4, 0.5) is 5.69 Å². The number of rotatable bonds is 8. The summed E-state index contributed by atoms with van der Waals surface area (Å²) < 4.78 is 6.01. The molecule has 0 bridgehead atoms. The number of hydrogen-bond donors (Lipinski definition) is 2. The van der Waals surface area contributed by atoms with Crippen LogP contribution in [0.15, 0.2) is 22.7 Å². The molecule has 1 amide bonds. The Morgan fingerprint density at radius 3 is 2.84 bits per heavy atom. The number of halogens is 1. The van der Waals surface area contributed by atoms with Gasteiger partial charge < -0.3 is 15.4 Å². The largest absolute Gasteiger partial charge is 0.385 e. The van der Waals surface area contributed by atoms with Gasteiger partial charge in [-0.3, -0.25) is 4.79 Å². The van der Waals surface area contributed by atoms with Gasteiger partial charge >= 0.3 is 0 Å². The van der Waals surface area contributed by atoms with Crippen molar-refractivity contribution in [2.24, 2.45) is 0 Å². The molecule has 0 saturated carbocycles. The van der Waals surface area contributed by atoms with Crippen molar-refractivity contribution < 1.29 is 9.53 Å². The molecule has 5 heteroatoms. The highest BCUT2D eigenvalue weighted by atomic mass is 79.9. The standard InChI is InChI=1S/C14H21BrN2O2/c1-11-10-12(4-5-13(11)15)16-8-6-14(18)17-7-3-9-19-2/h4-5,10,16H,3,6-9H2,1-2H3,(H,17,18). The zero-order valence-electron chi connectivity index (χ0n) is 11.5. The lowest BCUT2D eigenvalue weighted by molar-refractivity contribution is -0.120. The molecule has 0 saturated heterocycles. The maximum atomic E-state index is 11.5. The van der Waals surface area contributed by atoms with Crippen molar-refractivity contribution in [1.29, 1.82) is 0 Å². The summed E-state index contributed by atoms with van der Waals surface area (Å²) in [5, 5.41) is 6.10. The molecule has 0 spiro atoms. The Kier molecular flexibility index (Phi) is 7.52. The number of hydrogen-bond acceptors (Lipinski definition) is 3. The number of anilines is 1. The summed E-state index contributed by atoms with van der Waals surface area (Å²) in [5.74, 6) is 0.0671. The summed E-state index contributed by atoms with van der Waals surface area (Å²) in [6, 6.07) is 6.05. The molecule has 0 atom stereocenters. The van der Waals surface area contributed by atoms with Crippen LogP contribution in [0.5, 0.6) is 0 Å². The molecule has 4 nitrogen and oxygen atoms in total. The van der Waals surface area contributed by atoms with Gasteiger partial charge in [0.1, 0.15) is 0 Å². The summed E-state index contributed by atoms with van der Waals surface area (Å²) in [5.41, 5.74) is 2.21. The molecule has 1 aromatic rings. The van der Waals surface area contributed by atoms with Crippen molar-refractivity contribution in [3.05, 3.63) is 28.2 Å². The first-order valence-electron chi connectivity index (χ1n) is 6.39. The van der Waals surface area contributed by atoms with E-state index in [2.05, 4.69) is 32.6 Å². The van der Waals surface area contributed by atoms with Gasteiger partial charge in [-0.25, -0.2) is 0 Å². The SMILES string of the molecule is COCCCNC(=O)CCNc1ccc(Br)c(C)c1. The van der Waals surface area contributed by atoms with Crippen molar-refractivity contribution in [2.75, 3.05) is 32.1 Å². The lowest BCUT2D eigenvalue weighted by atomic mass is 10.2. The Balaban J connectivity index is 2.18. The molecule has 1 aromatic carbocycles. The van der Waals surface area contributed by atoms with E-state index in [1.165, 1.54) is 5.56 Å². The van der Waals surface area contributed by atoms with Gasteiger partial charge in [0.05, 0.1) is 0 Å². The van der Waals surface area contributed by atoms with Crippen molar-refractivity contribution >= 4 is 27.5 Å². The van der Waals surface area contributed by atoms with Gasteiger partial charge in [0.25, 0.3) is 0 Å². The van der Waals surface area contributed by atoms with E-state index in [4.69, 9.17) is 4.74 Å². The minimum atomic E-state index is 0.0671. The van der Waals surface area contributed by atoms with Crippen LogP contribution in [0.25, 0.3) is 0 Å². The van der Waals surface area contributed by atoms with Crippen LogP contribution in [-0.4, -0.2) is 32.7 Å². The van der Waals surface area contributed by atoms with E-state index in [1.807, 2.05) is 19.1 Å². The van der Waals surface area contributed by atoms with Gasteiger partial charge in [-0.15, -0.1) is 0 Å². The third-order valence-electron chi connectivity index (χ3n) is 2.69. The predicted octanol–water partition coefficient (Wildman–Crippen LogP) is 2.71. The van der Waals surface area contributed by atoms with Crippen LogP contribution in [-0.2, 0) is 9.53 Å². The summed E-state index contributed by atoms with van der Waals surface area (Å²) in [7, 11) is 1.66. The molecule has 0 aliphatic carbocycles. The number of amides is 1. The maximum absolute atomic E-state index is 11.5. The molecule has 0 aliphatic rings. The Morgan fingerprint density at radius 2 is 2.16 bits per heavy atom. The molecular formula is C14H21BrN2O2. The number of nitrogens with one attached hydrogen (secondary N) is 2. The van der Waals surface area contributed by atoms with E-state index in [-0.39, 0.29) is 5.91 Å². The minimum absolute atomic E-state index is 0.0671. The van der Waals surface area contributed by atoms with Crippen LogP contribution >= 0.6 is 15.9 Å². The van der Waals surface area contributed by atoms with Crippen LogP contribution in [0.1, 0.15) is 18.4 Å². The van der Waals surface area contributed by atoms with E-state index in [9.17, 15) is 4.79 Å². The molecule has 0 aliphatic heterocycles. The second-order valence-corrected chi connectivity index (χ2v) is 5.19. The van der Waals surface area contributed by atoms with Crippen molar-refractivity contribution in [3.63, 3.8) is 0 Å². The number of carbonyl (C=O) groups is 1. The second-order valence-electron chi connectivity index (χ2n) is 4.34. The summed E-state index contributed by atoms with van der Waals surface area (Å²) in [4.78, 5) is 11.5. The molecular weight excluding hydrogens is 308 g/mol. The zero-order chi connectivity index (χ0) is 14.1. The molecule has 0 fully saturated rings. The molecule has 0 unspecified atom stereocenters. The maximum Gasteiger partial charge on any atom is 0.221 e. The Morgan fingerprint density at radius 1 is 1.37 bits per heavy atom. The molecule has 1 rings (SSSR count). The third-order valence-corrected chi connectivity index (χ3v) is 3.58. The van der Waals surface area contributed by atoms with E-state index in [0.29, 0.717) is 26.1 Å². The summed E-state index contributed by atoms with van der Waals surface area (Å²) in [6.07, 6.45) is 1.32. The first kappa shape index (κ1) is 16.0. The summed E-state index contributed by atoms with van der Waals surface area (Å²) >= 11 is 3.46. The fraction of sp³-hybridized carbons (Fsp3) is 0.500. The third kappa shape index (κ3) is 6.59. The van der Waals surface area contributed by atoms with E-state index < -0.39 is 0 Å². The Bertz CT molecular complexity index is 410. The van der Waals surface area contributed by atoms with Crippen LogP contribution < -0.4 is 10.6 Å². The highest BCUT2D eigenvalue weighted by Gasteiger charge is 2.01. The fourth-order valence-electron chi connectivity index (χ4n) is 1.61. The average molecular weight is 329 g/mol. The van der Waals surface area contributed by atoms with E-state index >= 15 is 0 Å². The van der Waals surface area contributed by atoms with Crippen LogP contribution in [0.2, 0.25) is 0 Å². The van der Waals surface area contributed by atoms with Crippen molar-refractivity contribution in [3.8, 4) is 0 Å². The van der Waals surface area contributed by atoms with Crippen LogP contribution in [0, 0.1) is 6.92 Å². The van der Waals surface area contributed by atoms with Gasteiger partial charge in [0.15, 0.2) is 0 Å². The van der Waals surface area contributed by atoms with Crippen molar-refractivity contribution in [1.82, 2.24) is 5.32 Å². The second kappa shape index (κ2) is 8.93. The first-order valence-corrected chi connectivity index (χ1v) is 7.18. The number of methoxy groups -OCH3 is 1. The first-order chi connectivity index (χ1) is 9.13. The molecule has 2 N–H and O–H groups in total. The molecule has 0 heterocycles. The lowest BCUT2D eigenvalue weighted by Crippen LogP contribution is -2.26. The van der Waals surface area contributed by atoms with Gasteiger partial charge in [-0.1, -0.05) is 15.9 Å². The topological polar surface area (TPSA) is 50.4 Å². The van der Waals surface area contributed by atoms with Crippen molar-refractivity contribution in [2.45, 2.75) is 19.8 Å². The number of carbonyl (C=O) groups excluding carboxylic acids is 1. The Labute approximate surface area is 123 Å². The normalized spacial score (nSPS) is 10.3. The Hall–Kier alpha value is -1.07. The predicted molar refractivity (Wildman–Crippen MR) is 81.5 cm³/mol. The van der Waals surface area contributed by atoms with Gasteiger partial charge in [-0.05, 0) is 37.1 Å². The quantitative estimate of drug-likeness (QED) is 0.721. The van der Waals surface area contributed by atoms with E-state index in [0.717, 1.165) is 16.6 Å². The minimum Gasteiger partial charge on any atom is -0.385 e. The molecule has 106 valence electrons. The molecule has 0 aromatic heterocycles. The summed E-state index contributed by atoms with van der Waals surface area (Å²) in [6.45, 7) is 4.02. The number of aryl methyl sites for hydroxylation is 1. The molecule has 0 radical (unpaired) electrons. The monoisotopic (exact) mass is 328 g/mol. The lowest BCUT2D eigenvalue weighted by Gasteiger charge is -2.08. The van der Waals surface area contributed by atoms with Gasteiger partial charge in [0, 0.05) is 43.4 Å². The zero-order valence-corrected chi connectivity index (χ0v) is 13.0. The molecule has 19 heavy (non-hydrogen) atoms. The smallest absolute Gasteiger partial charge is 0.221 e. The highest BCUT2D eigenvalue weighted by Crippen LogP contribution is 2.19. The fourth-order valence-corrected chi connectivity index (χ4v) is 1.85. The van der Waals surface area contributed by atoms with Crippen LogP contribution in [0.3, 0.4) is 0 Å². The van der Waals surface area contributed by atoms with Gasteiger partial charge in [0.2, 0.25) is 5.91 Å². The highest BCUT2D eigenvalue weighted by molar-refractivity contribution is 9.10. The average Bonchev–Trinajstić information content (AvgIpc) is 2.39. The number of benzene rings is 1. The number of ether oxygens (including phenoxy) is 1. The van der Waals surface area contributed by atoms with E-state index in [1.54, 1.807) is 7.11 Å².